The number of methoxy groups -OCH3 is 1. The second kappa shape index (κ2) is 7.93. The molecule has 0 bridgehead atoms. The van der Waals surface area contributed by atoms with Gasteiger partial charge in [-0.05, 0) is 18.8 Å². The van der Waals surface area contributed by atoms with Crippen LogP contribution in [0.3, 0.4) is 0 Å². The third-order valence-corrected chi connectivity index (χ3v) is 4.11. The smallest absolute Gasteiger partial charge is 0.241 e. The van der Waals surface area contributed by atoms with E-state index in [9.17, 15) is 4.79 Å². The molecule has 6 heteroatoms. The molecule has 0 spiro atoms. The van der Waals surface area contributed by atoms with Gasteiger partial charge in [-0.2, -0.15) is 0 Å². The lowest BCUT2D eigenvalue weighted by molar-refractivity contribution is -0.135. The molecule has 116 valence electrons. The summed E-state index contributed by atoms with van der Waals surface area (Å²) in [7, 11) is 1.57. The van der Waals surface area contributed by atoms with Crippen LogP contribution in [0.1, 0.15) is 12.8 Å². The van der Waals surface area contributed by atoms with E-state index in [0.29, 0.717) is 12.5 Å². The number of carbonyl (C=O) groups is 1. The highest BCUT2D eigenvalue weighted by molar-refractivity contribution is 5.81. The van der Waals surface area contributed by atoms with Crippen LogP contribution in [0.15, 0.2) is 0 Å². The fourth-order valence-corrected chi connectivity index (χ4v) is 3.05. The van der Waals surface area contributed by atoms with Gasteiger partial charge in [0.25, 0.3) is 0 Å². The lowest BCUT2D eigenvalue weighted by atomic mass is 9.96. The Morgan fingerprint density at radius 2 is 2.15 bits per heavy atom. The Balaban J connectivity index is 1.80. The van der Waals surface area contributed by atoms with E-state index in [-0.39, 0.29) is 5.91 Å². The maximum absolute atomic E-state index is 12.2. The van der Waals surface area contributed by atoms with E-state index in [4.69, 9.17) is 15.2 Å². The zero-order valence-corrected chi connectivity index (χ0v) is 12.4. The molecule has 20 heavy (non-hydrogen) atoms. The summed E-state index contributed by atoms with van der Waals surface area (Å²) in [5.41, 5.74) is 5.85. The predicted molar refractivity (Wildman–Crippen MR) is 76.4 cm³/mol. The van der Waals surface area contributed by atoms with E-state index in [1.54, 1.807) is 7.11 Å². The second-order valence-electron chi connectivity index (χ2n) is 5.77. The van der Waals surface area contributed by atoms with Crippen LogP contribution in [0, 0.1) is 5.92 Å². The Morgan fingerprint density at radius 1 is 1.40 bits per heavy atom. The van der Waals surface area contributed by atoms with Crippen molar-refractivity contribution in [3.8, 4) is 0 Å². The molecule has 1 amide bonds. The Kier molecular flexibility index (Phi) is 6.22. The summed E-state index contributed by atoms with van der Waals surface area (Å²) >= 11 is 0. The Bertz CT molecular complexity index is 308. The zero-order valence-electron chi connectivity index (χ0n) is 12.4. The largest absolute Gasteiger partial charge is 0.383 e. The summed E-state index contributed by atoms with van der Waals surface area (Å²) in [6, 6.07) is -0.526. The molecule has 2 unspecified atom stereocenters. The molecule has 2 aliphatic heterocycles. The fraction of sp³-hybridized carbons (Fsp3) is 0.929. The van der Waals surface area contributed by atoms with Crippen LogP contribution in [0.2, 0.25) is 0 Å². The lowest BCUT2D eigenvalue weighted by Crippen LogP contribution is -2.51. The topological polar surface area (TPSA) is 68.0 Å². The highest BCUT2D eigenvalue weighted by Crippen LogP contribution is 2.18. The van der Waals surface area contributed by atoms with Gasteiger partial charge in [-0.15, -0.1) is 0 Å². The highest BCUT2D eigenvalue weighted by atomic mass is 16.5. The molecule has 2 atom stereocenters. The molecule has 2 rings (SSSR count). The number of nitrogens with zero attached hydrogens (tertiary/aromatic N) is 2. The van der Waals surface area contributed by atoms with Crippen LogP contribution in [-0.2, 0) is 14.3 Å². The van der Waals surface area contributed by atoms with Gasteiger partial charge in [0.05, 0.1) is 19.8 Å². The lowest BCUT2D eigenvalue weighted by Gasteiger charge is -2.37. The van der Waals surface area contributed by atoms with Gasteiger partial charge in [0.2, 0.25) is 5.91 Å². The van der Waals surface area contributed by atoms with Gasteiger partial charge >= 0.3 is 0 Å². The first-order chi connectivity index (χ1) is 9.70. The minimum Gasteiger partial charge on any atom is -0.383 e. The monoisotopic (exact) mass is 285 g/mol. The van der Waals surface area contributed by atoms with Crippen molar-refractivity contribution in [1.82, 2.24) is 9.80 Å². The number of piperidine rings is 1. The van der Waals surface area contributed by atoms with Gasteiger partial charge in [0.1, 0.15) is 6.04 Å². The minimum atomic E-state index is -0.526. The summed E-state index contributed by atoms with van der Waals surface area (Å²) in [5, 5.41) is 0. The number of rotatable bonds is 5. The number of nitrogens with two attached hydrogens (primary N) is 1. The number of hydrogen-bond donors (Lipinski definition) is 1. The van der Waals surface area contributed by atoms with Gasteiger partial charge < -0.3 is 20.1 Å². The van der Waals surface area contributed by atoms with E-state index in [0.717, 1.165) is 52.4 Å². The van der Waals surface area contributed by atoms with Crippen molar-refractivity contribution in [2.75, 3.05) is 59.7 Å². The molecule has 0 aromatic rings. The van der Waals surface area contributed by atoms with Gasteiger partial charge in [-0.25, -0.2) is 0 Å². The van der Waals surface area contributed by atoms with Gasteiger partial charge in [-0.1, -0.05) is 0 Å². The third kappa shape index (κ3) is 4.41. The van der Waals surface area contributed by atoms with E-state index < -0.39 is 6.04 Å². The zero-order chi connectivity index (χ0) is 14.4. The van der Waals surface area contributed by atoms with Crippen molar-refractivity contribution in [3.63, 3.8) is 0 Å². The van der Waals surface area contributed by atoms with Gasteiger partial charge in [0, 0.05) is 39.8 Å². The molecular formula is C14H27N3O3. The van der Waals surface area contributed by atoms with Crippen molar-refractivity contribution in [1.29, 1.82) is 0 Å². The number of likely N-dealkylation sites (tertiary alicyclic amines) is 1. The normalized spacial score (nSPS) is 26.5. The minimum absolute atomic E-state index is 0.0264. The van der Waals surface area contributed by atoms with Crippen molar-refractivity contribution in [2.24, 2.45) is 11.7 Å². The fourth-order valence-electron chi connectivity index (χ4n) is 3.05. The average Bonchev–Trinajstić information content (AvgIpc) is 2.48. The Hall–Kier alpha value is -0.690. The summed E-state index contributed by atoms with van der Waals surface area (Å²) in [6.45, 7) is 6.68. The molecule has 2 heterocycles. The van der Waals surface area contributed by atoms with Crippen molar-refractivity contribution in [3.05, 3.63) is 0 Å². The Morgan fingerprint density at radius 3 is 2.85 bits per heavy atom. The standard InChI is InChI=1S/C14H27N3O3/c1-19-11-13(15)14(18)17-4-2-3-12(10-17)9-16-5-7-20-8-6-16/h12-13H,2-11,15H2,1H3. The number of hydrogen-bond acceptors (Lipinski definition) is 5. The predicted octanol–water partition coefficient (Wildman–Crippen LogP) is -0.469. The molecule has 2 aliphatic rings. The van der Waals surface area contributed by atoms with E-state index in [2.05, 4.69) is 4.90 Å². The number of amides is 1. The van der Waals surface area contributed by atoms with Crippen molar-refractivity contribution < 1.29 is 14.3 Å². The molecule has 0 aliphatic carbocycles. The van der Waals surface area contributed by atoms with Crippen LogP contribution in [-0.4, -0.2) is 81.4 Å². The summed E-state index contributed by atoms with van der Waals surface area (Å²) in [5.74, 6) is 0.582. The van der Waals surface area contributed by atoms with Gasteiger partial charge in [0.15, 0.2) is 0 Å². The van der Waals surface area contributed by atoms with Crippen LogP contribution < -0.4 is 5.73 Å². The van der Waals surface area contributed by atoms with E-state index >= 15 is 0 Å². The molecule has 6 nitrogen and oxygen atoms in total. The number of morpholine rings is 1. The number of ether oxygens (including phenoxy) is 2. The molecule has 0 aromatic heterocycles. The van der Waals surface area contributed by atoms with Crippen LogP contribution >= 0.6 is 0 Å². The highest BCUT2D eigenvalue weighted by Gasteiger charge is 2.28. The molecule has 0 saturated carbocycles. The van der Waals surface area contributed by atoms with Gasteiger partial charge in [-0.3, -0.25) is 9.69 Å². The quantitative estimate of drug-likeness (QED) is 0.740. The summed E-state index contributed by atoms with van der Waals surface area (Å²) in [4.78, 5) is 16.6. The van der Waals surface area contributed by atoms with Crippen molar-refractivity contribution >= 4 is 5.91 Å². The Labute approximate surface area is 121 Å². The third-order valence-electron chi connectivity index (χ3n) is 4.11. The van der Waals surface area contributed by atoms with Crippen molar-refractivity contribution in [2.45, 2.75) is 18.9 Å². The number of carbonyl (C=O) groups excluding carboxylic acids is 1. The molecular weight excluding hydrogens is 258 g/mol. The SMILES string of the molecule is COCC(N)C(=O)N1CCCC(CN2CCOCC2)C1. The first kappa shape index (κ1) is 15.7. The maximum atomic E-state index is 12.2. The molecule has 0 aromatic carbocycles. The molecule has 2 saturated heterocycles. The average molecular weight is 285 g/mol. The maximum Gasteiger partial charge on any atom is 0.241 e. The second-order valence-corrected chi connectivity index (χ2v) is 5.77. The first-order valence-electron chi connectivity index (χ1n) is 7.54. The first-order valence-corrected chi connectivity index (χ1v) is 7.54. The van der Waals surface area contributed by atoms with E-state index in [1.165, 1.54) is 6.42 Å². The molecule has 0 radical (unpaired) electrons. The van der Waals surface area contributed by atoms with Crippen LogP contribution in [0.4, 0.5) is 0 Å². The summed E-state index contributed by atoms with van der Waals surface area (Å²) < 4.78 is 10.3. The summed E-state index contributed by atoms with van der Waals surface area (Å²) in [6.07, 6.45) is 2.26. The van der Waals surface area contributed by atoms with E-state index in [1.807, 2.05) is 4.90 Å². The van der Waals surface area contributed by atoms with Crippen LogP contribution in [0.5, 0.6) is 0 Å². The molecule has 2 fully saturated rings. The van der Waals surface area contributed by atoms with Crippen LogP contribution in [0.25, 0.3) is 0 Å². The molecule has 2 N–H and O–H groups in total.